The summed E-state index contributed by atoms with van der Waals surface area (Å²) in [6, 6.07) is 10.8. The SMILES string of the molecule is O=S(=O)=Nc1ccc2ccccc2n1. The third-order valence-corrected chi connectivity index (χ3v) is 2.09. The first-order chi connectivity index (χ1) is 6.75. The van der Waals surface area contributed by atoms with Crippen LogP contribution in [0.25, 0.3) is 10.9 Å². The Morgan fingerprint density at radius 2 is 1.86 bits per heavy atom. The van der Waals surface area contributed by atoms with Crippen LogP contribution in [-0.2, 0) is 10.5 Å². The van der Waals surface area contributed by atoms with Crippen molar-refractivity contribution in [3.63, 3.8) is 0 Å². The smallest absolute Gasteiger partial charge is 0.228 e. The van der Waals surface area contributed by atoms with E-state index in [9.17, 15) is 8.42 Å². The number of hydrogen-bond donors (Lipinski definition) is 0. The molecule has 0 saturated heterocycles. The predicted molar refractivity (Wildman–Crippen MR) is 52.8 cm³/mol. The van der Waals surface area contributed by atoms with Gasteiger partial charge < -0.3 is 0 Å². The standard InChI is InChI=1S/C9H6N2O2S/c12-14(13)11-9-6-5-7-3-1-2-4-8(7)10-9/h1-6H. The molecule has 0 bridgehead atoms. The van der Waals surface area contributed by atoms with Crippen LogP contribution in [0, 0.1) is 0 Å². The van der Waals surface area contributed by atoms with Crippen LogP contribution in [0.5, 0.6) is 0 Å². The quantitative estimate of drug-likeness (QED) is 0.716. The lowest BCUT2D eigenvalue weighted by molar-refractivity contribution is 0.622. The van der Waals surface area contributed by atoms with Gasteiger partial charge in [-0.15, -0.1) is 4.36 Å². The first kappa shape index (κ1) is 8.83. The minimum absolute atomic E-state index is 0.206. The molecule has 0 aliphatic carbocycles. The average molecular weight is 206 g/mol. The lowest BCUT2D eigenvalue weighted by Crippen LogP contribution is -1.77. The summed E-state index contributed by atoms with van der Waals surface area (Å²) in [6.45, 7) is 0. The second-order valence-electron chi connectivity index (χ2n) is 2.67. The van der Waals surface area contributed by atoms with Crippen LogP contribution in [0.15, 0.2) is 40.8 Å². The second-order valence-corrected chi connectivity index (χ2v) is 3.29. The van der Waals surface area contributed by atoms with E-state index in [1.54, 1.807) is 12.1 Å². The van der Waals surface area contributed by atoms with Crippen molar-refractivity contribution in [3.8, 4) is 0 Å². The molecule has 0 fully saturated rings. The summed E-state index contributed by atoms with van der Waals surface area (Å²) in [5, 5.41) is 0.961. The van der Waals surface area contributed by atoms with E-state index in [4.69, 9.17) is 0 Å². The van der Waals surface area contributed by atoms with Gasteiger partial charge >= 0.3 is 10.5 Å². The molecule has 14 heavy (non-hydrogen) atoms. The maximum atomic E-state index is 10.3. The fraction of sp³-hybridized carbons (Fsp3) is 0. The Kier molecular flexibility index (Phi) is 2.24. The van der Waals surface area contributed by atoms with E-state index >= 15 is 0 Å². The van der Waals surface area contributed by atoms with Crippen LogP contribution in [0.3, 0.4) is 0 Å². The molecule has 0 N–H and O–H groups in total. The third-order valence-electron chi connectivity index (χ3n) is 1.75. The highest BCUT2D eigenvalue weighted by Gasteiger charge is 1.95. The van der Waals surface area contributed by atoms with Crippen molar-refractivity contribution in [2.45, 2.75) is 0 Å². The van der Waals surface area contributed by atoms with Gasteiger partial charge in [0.05, 0.1) is 5.52 Å². The summed E-state index contributed by atoms with van der Waals surface area (Å²) in [4.78, 5) is 4.06. The molecule has 0 amide bonds. The van der Waals surface area contributed by atoms with E-state index in [0.29, 0.717) is 0 Å². The van der Waals surface area contributed by atoms with Crippen molar-refractivity contribution in [3.05, 3.63) is 36.4 Å². The van der Waals surface area contributed by atoms with Crippen LogP contribution < -0.4 is 0 Å². The fourth-order valence-corrected chi connectivity index (χ4v) is 1.44. The van der Waals surface area contributed by atoms with Gasteiger partial charge in [0.25, 0.3) is 0 Å². The van der Waals surface area contributed by atoms with Crippen LogP contribution in [0.4, 0.5) is 5.82 Å². The summed E-state index contributed by atoms with van der Waals surface area (Å²) in [5.74, 6) is 0.206. The van der Waals surface area contributed by atoms with Gasteiger partial charge in [-0.05, 0) is 18.2 Å². The summed E-state index contributed by atoms with van der Waals surface area (Å²) in [5.41, 5.74) is 0.735. The second kappa shape index (κ2) is 3.55. The Hall–Kier alpha value is -1.75. The molecule has 0 aliphatic heterocycles. The number of para-hydroxylation sites is 1. The largest absolute Gasteiger partial charge is 0.317 e. The Bertz CT molecular complexity index is 597. The zero-order valence-electron chi connectivity index (χ0n) is 7.08. The van der Waals surface area contributed by atoms with Gasteiger partial charge in [-0.1, -0.05) is 18.2 Å². The normalized spacial score (nSPS) is 10.0. The Labute approximate surface area is 81.9 Å². The highest BCUT2D eigenvalue weighted by molar-refractivity contribution is 7.61. The van der Waals surface area contributed by atoms with Crippen molar-refractivity contribution in [1.82, 2.24) is 4.98 Å². The maximum Gasteiger partial charge on any atom is 0.317 e. The van der Waals surface area contributed by atoms with E-state index in [-0.39, 0.29) is 5.82 Å². The summed E-state index contributed by atoms with van der Waals surface area (Å²) >= 11 is 0. The van der Waals surface area contributed by atoms with Gasteiger partial charge in [0.15, 0.2) is 5.82 Å². The molecule has 0 aliphatic rings. The van der Waals surface area contributed by atoms with E-state index in [1.807, 2.05) is 24.3 Å². The number of nitrogens with zero attached hydrogens (tertiary/aromatic N) is 2. The number of hydrogen-bond acceptors (Lipinski definition) is 4. The van der Waals surface area contributed by atoms with Crippen LogP contribution in [0.2, 0.25) is 0 Å². The molecule has 1 heterocycles. The molecule has 2 rings (SSSR count). The third kappa shape index (κ3) is 1.77. The van der Waals surface area contributed by atoms with Gasteiger partial charge in [0, 0.05) is 5.39 Å². The van der Waals surface area contributed by atoms with Gasteiger partial charge in [-0.2, -0.15) is 8.42 Å². The molecular weight excluding hydrogens is 200 g/mol. The number of pyridine rings is 1. The number of rotatable bonds is 1. The van der Waals surface area contributed by atoms with Crippen LogP contribution >= 0.6 is 0 Å². The molecule has 0 saturated carbocycles. The maximum absolute atomic E-state index is 10.3. The molecule has 1 aromatic heterocycles. The first-order valence-electron chi connectivity index (χ1n) is 3.92. The fourth-order valence-electron chi connectivity index (χ4n) is 1.18. The number of fused-ring (bicyclic) bond motifs is 1. The molecule has 5 heteroatoms. The molecule has 0 radical (unpaired) electrons. The van der Waals surface area contributed by atoms with Gasteiger partial charge in [0.1, 0.15) is 0 Å². The lowest BCUT2D eigenvalue weighted by atomic mass is 10.2. The lowest BCUT2D eigenvalue weighted by Gasteiger charge is -1.95. The minimum atomic E-state index is -2.45. The summed E-state index contributed by atoms with van der Waals surface area (Å²) in [7, 11) is -2.45. The number of benzene rings is 1. The van der Waals surface area contributed by atoms with E-state index in [0.717, 1.165) is 10.9 Å². The zero-order valence-corrected chi connectivity index (χ0v) is 7.90. The van der Waals surface area contributed by atoms with Crippen LogP contribution in [0.1, 0.15) is 0 Å². The molecule has 1 aromatic carbocycles. The number of aromatic nitrogens is 1. The summed E-state index contributed by atoms with van der Waals surface area (Å²) < 4.78 is 23.9. The van der Waals surface area contributed by atoms with Crippen molar-refractivity contribution in [1.29, 1.82) is 0 Å². The molecule has 2 aromatic rings. The zero-order chi connectivity index (χ0) is 9.97. The molecule has 4 nitrogen and oxygen atoms in total. The van der Waals surface area contributed by atoms with Gasteiger partial charge in [0.2, 0.25) is 0 Å². The Morgan fingerprint density at radius 3 is 2.64 bits per heavy atom. The molecule has 70 valence electrons. The summed E-state index contributed by atoms with van der Waals surface area (Å²) in [6.07, 6.45) is 0. The predicted octanol–water partition coefficient (Wildman–Crippen LogP) is 1.93. The minimum Gasteiger partial charge on any atom is -0.228 e. The van der Waals surface area contributed by atoms with E-state index in [2.05, 4.69) is 9.35 Å². The van der Waals surface area contributed by atoms with E-state index in [1.165, 1.54) is 0 Å². The molecule has 0 unspecified atom stereocenters. The van der Waals surface area contributed by atoms with Crippen molar-refractivity contribution in [2.24, 2.45) is 4.36 Å². The monoisotopic (exact) mass is 206 g/mol. The topological polar surface area (TPSA) is 59.4 Å². The van der Waals surface area contributed by atoms with Gasteiger partial charge in [-0.3, -0.25) is 0 Å². The molecular formula is C9H6N2O2S. The Morgan fingerprint density at radius 1 is 1.07 bits per heavy atom. The highest BCUT2D eigenvalue weighted by atomic mass is 32.2. The molecule has 0 spiro atoms. The van der Waals surface area contributed by atoms with Crippen molar-refractivity contribution in [2.75, 3.05) is 0 Å². The average Bonchev–Trinajstić information content (AvgIpc) is 2.17. The highest BCUT2D eigenvalue weighted by Crippen LogP contribution is 2.15. The van der Waals surface area contributed by atoms with E-state index < -0.39 is 10.5 Å². The Balaban J connectivity index is 2.68. The first-order valence-corrected chi connectivity index (χ1v) is 4.96. The van der Waals surface area contributed by atoms with Crippen molar-refractivity contribution < 1.29 is 8.42 Å². The van der Waals surface area contributed by atoms with Crippen molar-refractivity contribution >= 4 is 27.2 Å². The molecule has 0 atom stereocenters. The van der Waals surface area contributed by atoms with Gasteiger partial charge in [-0.25, -0.2) is 4.98 Å². The van der Waals surface area contributed by atoms with Crippen LogP contribution in [-0.4, -0.2) is 13.4 Å².